The molecule has 0 aromatic heterocycles. The summed E-state index contributed by atoms with van der Waals surface area (Å²) in [5.74, 6) is 0.00500. The maximum atomic E-state index is 11.1. The van der Waals surface area contributed by atoms with Crippen molar-refractivity contribution in [3.63, 3.8) is 0 Å². The minimum absolute atomic E-state index is 0. The molecule has 0 bridgehead atoms. The Kier molecular flexibility index (Phi) is 5.25. The van der Waals surface area contributed by atoms with Crippen LogP contribution in [0.4, 0.5) is 0 Å². The van der Waals surface area contributed by atoms with Crippen LogP contribution in [0.3, 0.4) is 0 Å². The number of hydrogen-bond acceptors (Lipinski definition) is 3. The van der Waals surface area contributed by atoms with E-state index in [0.717, 1.165) is 19.3 Å². The Bertz CT molecular complexity index is 152. The second kappa shape index (κ2) is 5.38. The molecule has 1 saturated carbocycles. The van der Waals surface area contributed by atoms with Crippen molar-refractivity contribution < 1.29 is 9.53 Å². The SMILES string of the molecule is CCOC(=O)[C@H]1CC[C@@H](N)C1.Cl. The highest BCUT2D eigenvalue weighted by Gasteiger charge is 2.28. The number of halogens is 1. The molecule has 0 aromatic carbocycles. The molecule has 4 heteroatoms. The Morgan fingerprint density at radius 3 is 2.67 bits per heavy atom. The third kappa shape index (κ3) is 2.99. The fraction of sp³-hybridized carbons (Fsp3) is 0.875. The van der Waals surface area contributed by atoms with Gasteiger partial charge in [-0.05, 0) is 26.2 Å². The molecule has 1 aliphatic carbocycles. The van der Waals surface area contributed by atoms with E-state index >= 15 is 0 Å². The smallest absolute Gasteiger partial charge is 0.308 e. The van der Waals surface area contributed by atoms with E-state index in [-0.39, 0.29) is 30.3 Å². The summed E-state index contributed by atoms with van der Waals surface area (Å²) in [4.78, 5) is 11.1. The number of hydrogen-bond donors (Lipinski definition) is 1. The van der Waals surface area contributed by atoms with Crippen LogP contribution in [0.1, 0.15) is 26.2 Å². The second-order valence-corrected chi connectivity index (χ2v) is 3.02. The number of esters is 1. The van der Waals surface area contributed by atoms with E-state index in [0.29, 0.717) is 6.61 Å². The van der Waals surface area contributed by atoms with E-state index < -0.39 is 0 Å². The maximum Gasteiger partial charge on any atom is 0.308 e. The van der Waals surface area contributed by atoms with Gasteiger partial charge in [-0.25, -0.2) is 0 Å². The molecule has 0 saturated heterocycles. The van der Waals surface area contributed by atoms with Crippen LogP contribution in [-0.4, -0.2) is 18.6 Å². The van der Waals surface area contributed by atoms with E-state index in [2.05, 4.69) is 0 Å². The third-order valence-corrected chi connectivity index (χ3v) is 2.09. The maximum absolute atomic E-state index is 11.1. The van der Waals surface area contributed by atoms with Gasteiger partial charge in [0.2, 0.25) is 0 Å². The van der Waals surface area contributed by atoms with Crippen LogP contribution in [0.5, 0.6) is 0 Å². The summed E-state index contributed by atoms with van der Waals surface area (Å²) < 4.78 is 4.88. The van der Waals surface area contributed by atoms with Crippen molar-refractivity contribution in [2.24, 2.45) is 11.7 Å². The molecule has 2 atom stereocenters. The van der Waals surface area contributed by atoms with Crippen LogP contribution in [0.25, 0.3) is 0 Å². The highest BCUT2D eigenvalue weighted by atomic mass is 35.5. The fourth-order valence-electron chi connectivity index (χ4n) is 1.49. The van der Waals surface area contributed by atoms with Gasteiger partial charge in [-0.2, -0.15) is 0 Å². The van der Waals surface area contributed by atoms with Crippen LogP contribution in [0, 0.1) is 5.92 Å². The van der Waals surface area contributed by atoms with Crippen LogP contribution in [0.2, 0.25) is 0 Å². The predicted molar refractivity (Wildman–Crippen MR) is 49.2 cm³/mol. The van der Waals surface area contributed by atoms with Gasteiger partial charge in [0.05, 0.1) is 12.5 Å². The molecule has 3 nitrogen and oxygen atoms in total. The van der Waals surface area contributed by atoms with Gasteiger partial charge in [0.1, 0.15) is 0 Å². The topological polar surface area (TPSA) is 52.3 Å². The van der Waals surface area contributed by atoms with Crippen LogP contribution < -0.4 is 5.73 Å². The largest absolute Gasteiger partial charge is 0.466 e. The number of ether oxygens (including phenoxy) is 1. The van der Waals surface area contributed by atoms with E-state index in [1.54, 1.807) is 0 Å². The zero-order valence-electron chi connectivity index (χ0n) is 7.29. The number of carbonyl (C=O) groups is 1. The molecule has 12 heavy (non-hydrogen) atoms. The van der Waals surface area contributed by atoms with E-state index in [9.17, 15) is 4.79 Å². The average molecular weight is 194 g/mol. The summed E-state index contributed by atoms with van der Waals surface area (Å²) in [5.41, 5.74) is 5.65. The molecular weight excluding hydrogens is 178 g/mol. The van der Waals surface area contributed by atoms with Crippen molar-refractivity contribution in [3.8, 4) is 0 Å². The van der Waals surface area contributed by atoms with Gasteiger partial charge in [0, 0.05) is 6.04 Å². The highest BCUT2D eigenvalue weighted by Crippen LogP contribution is 2.24. The lowest BCUT2D eigenvalue weighted by molar-refractivity contribution is -0.147. The van der Waals surface area contributed by atoms with Gasteiger partial charge in [-0.1, -0.05) is 0 Å². The van der Waals surface area contributed by atoms with Gasteiger partial charge in [0.15, 0.2) is 0 Å². The lowest BCUT2D eigenvalue weighted by Crippen LogP contribution is -2.19. The zero-order chi connectivity index (χ0) is 8.27. The molecule has 0 spiro atoms. The first-order valence-electron chi connectivity index (χ1n) is 4.16. The van der Waals surface area contributed by atoms with E-state index in [1.165, 1.54) is 0 Å². The van der Waals surface area contributed by atoms with Crippen molar-refractivity contribution in [1.82, 2.24) is 0 Å². The lowest BCUT2D eigenvalue weighted by atomic mass is 10.1. The van der Waals surface area contributed by atoms with E-state index in [4.69, 9.17) is 10.5 Å². The molecular formula is C8H16ClNO2. The summed E-state index contributed by atoms with van der Waals surface area (Å²) in [6, 6.07) is 0.212. The first kappa shape index (κ1) is 11.7. The highest BCUT2D eigenvalue weighted by molar-refractivity contribution is 5.85. The van der Waals surface area contributed by atoms with E-state index in [1.807, 2.05) is 6.92 Å². The first-order chi connectivity index (χ1) is 5.24. The number of nitrogens with two attached hydrogens (primary N) is 1. The zero-order valence-corrected chi connectivity index (χ0v) is 8.10. The average Bonchev–Trinajstić information content (AvgIpc) is 2.36. The van der Waals surface area contributed by atoms with Crippen molar-refractivity contribution in [2.75, 3.05) is 6.61 Å². The Morgan fingerprint density at radius 2 is 2.25 bits per heavy atom. The Morgan fingerprint density at radius 1 is 1.58 bits per heavy atom. The summed E-state index contributed by atoms with van der Waals surface area (Å²) in [6.45, 7) is 2.30. The fourth-order valence-corrected chi connectivity index (χ4v) is 1.49. The molecule has 0 amide bonds. The lowest BCUT2D eigenvalue weighted by Gasteiger charge is -2.07. The number of rotatable bonds is 2. The predicted octanol–water partition coefficient (Wildman–Crippen LogP) is 1.10. The minimum Gasteiger partial charge on any atom is -0.466 e. The van der Waals surface area contributed by atoms with Gasteiger partial charge in [-0.3, -0.25) is 4.79 Å². The minimum atomic E-state index is -0.0690. The molecule has 0 aromatic rings. The van der Waals surface area contributed by atoms with Crippen molar-refractivity contribution in [2.45, 2.75) is 32.2 Å². The molecule has 1 aliphatic rings. The van der Waals surface area contributed by atoms with Crippen LogP contribution in [0.15, 0.2) is 0 Å². The van der Waals surface area contributed by atoms with Crippen molar-refractivity contribution >= 4 is 18.4 Å². The normalized spacial score (nSPS) is 27.8. The van der Waals surface area contributed by atoms with Gasteiger partial charge in [0.25, 0.3) is 0 Å². The molecule has 0 aliphatic heterocycles. The Balaban J connectivity index is 0.00000121. The van der Waals surface area contributed by atoms with Gasteiger partial charge < -0.3 is 10.5 Å². The molecule has 0 heterocycles. The molecule has 2 N–H and O–H groups in total. The Hall–Kier alpha value is -0.280. The van der Waals surface area contributed by atoms with Gasteiger partial charge in [-0.15, -0.1) is 12.4 Å². The standard InChI is InChI=1S/C8H15NO2.ClH/c1-2-11-8(10)6-3-4-7(9)5-6;/h6-7H,2-5,9H2,1H3;1H/t6-,7+;/m0./s1. The molecule has 1 fully saturated rings. The van der Waals surface area contributed by atoms with Gasteiger partial charge >= 0.3 is 5.97 Å². The summed E-state index contributed by atoms with van der Waals surface area (Å²) in [5, 5.41) is 0. The summed E-state index contributed by atoms with van der Waals surface area (Å²) in [7, 11) is 0. The molecule has 72 valence electrons. The van der Waals surface area contributed by atoms with Crippen LogP contribution >= 0.6 is 12.4 Å². The van der Waals surface area contributed by atoms with Crippen molar-refractivity contribution in [1.29, 1.82) is 0 Å². The summed E-state index contributed by atoms with van der Waals surface area (Å²) in [6.07, 6.45) is 2.67. The van der Waals surface area contributed by atoms with Crippen LogP contribution in [-0.2, 0) is 9.53 Å². The molecule has 1 rings (SSSR count). The quantitative estimate of drug-likeness (QED) is 0.669. The second-order valence-electron chi connectivity index (χ2n) is 3.02. The monoisotopic (exact) mass is 193 g/mol. The Labute approximate surface area is 79.1 Å². The molecule has 0 radical (unpaired) electrons. The number of carbonyl (C=O) groups excluding carboxylic acids is 1. The molecule has 0 unspecified atom stereocenters. The summed E-state index contributed by atoms with van der Waals surface area (Å²) >= 11 is 0. The third-order valence-electron chi connectivity index (χ3n) is 2.09. The van der Waals surface area contributed by atoms with Crippen molar-refractivity contribution in [3.05, 3.63) is 0 Å². The first-order valence-corrected chi connectivity index (χ1v) is 4.16.